The van der Waals surface area contributed by atoms with Crippen molar-refractivity contribution in [2.24, 2.45) is 5.92 Å². The van der Waals surface area contributed by atoms with Gasteiger partial charge in [-0.25, -0.2) is 4.79 Å². The number of carbonyl (C=O) groups excluding carboxylic acids is 1. The molecule has 0 bridgehead atoms. The maximum atomic E-state index is 11.8. The van der Waals surface area contributed by atoms with Crippen molar-refractivity contribution >= 4 is 11.9 Å². The summed E-state index contributed by atoms with van der Waals surface area (Å²) in [4.78, 5) is 22.8. The zero-order chi connectivity index (χ0) is 14.9. The summed E-state index contributed by atoms with van der Waals surface area (Å²) in [6.07, 6.45) is 0.540. The van der Waals surface area contributed by atoms with Gasteiger partial charge in [0, 0.05) is 12.6 Å². The number of aryl methyl sites for hydroxylation is 1. The summed E-state index contributed by atoms with van der Waals surface area (Å²) >= 11 is 0. The quantitative estimate of drug-likeness (QED) is 0.824. The molecule has 0 saturated carbocycles. The van der Waals surface area contributed by atoms with Gasteiger partial charge in [-0.2, -0.15) is 0 Å². The van der Waals surface area contributed by atoms with Gasteiger partial charge in [0.05, 0.1) is 18.6 Å². The zero-order valence-electron chi connectivity index (χ0n) is 11.9. The predicted molar refractivity (Wildman–Crippen MR) is 73.7 cm³/mol. The van der Waals surface area contributed by atoms with Gasteiger partial charge in [-0.15, -0.1) is 0 Å². The second-order valence-electron chi connectivity index (χ2n) is 5.23. The number of carboxylic acids is 1. The van der Waals surface area contributed by atoms with E-state index < -0.39 is 5.97 Å². The molecular formula is C15H19NO4. The van der Waals surface area contributed by atoms with Gasteiger partial charge in [-0.05, 0) is 43.0 Å². The fourth-order valence-electron chi connectivity index (χ4n) is 2.59. The molecular weight excluding hydrogens is 258 g/mol. The normalized spacial score (nSPS) is 21.8. The Morgan fingerprint density at radius 1 is 1.35 bits per heavy atom. The minimum Gasteiger partial charge on any atom is -0.481 e. The summed E-state index contributed by atoms with van der Waals surface area (Å²) in [7, 11) is 1.36. The Hall–Kier alpha value is -1.88. The lowest BCUT2D eigenvalue weighted by molar-refractivity contribution is -0.141. The lowest BCUT2D eigenvalue weighted by Gasteiger charge is -2.15. The number of methoxy groups -OCH3 is 1. The van der Waals surface area contributed by atoms with E-state index in [-0.39, 0.29) is 17.9 Å². The van der Waals surface area contributed by atoms with E-state index >= 15 is 0 Å². The number of hydrogen-bond acceptors (Lipinski definition) is 4. The number of benzene rings is 1. The fraction of sp³-hybridized carbons (Fsp3) is 0.467. The minimum absolute atomic E-state index is 0.0289. The average molecular weight is 277 g/mol. The number of hydrogen-bond donors (Lipinski definition) is 2. The first-order valence-electron chi connectivity index (χ1n) is 6.59. The van der Waals surface area contributed by atoms with E-state index in [0.29, 0.717) is 18.5 Å². The first kappa shape index (κ1) is 14.5. The summed E-state index contributed by atoms with van der Waals surface area (Å²) in [5, 5.41) is 12.2. The van der Waals surface area contributed by atoms with Crippen LogP contribution in [0.25, 0.3) is 0 Å². The van der Waals surface area contributed by atoms with Crippen LogP contribution in [0, 0.1) is 19.8 Å². The van der Waals surface area contributed by atoms with Gasteiger partial charge < -0.3 is 15.2 Å². The number of carboxylic acid groups (broad SMARTS) is 1. The molecule has 1 aromatic carbocycles. The van der Waals surface area contributed by atoms with Crippen LogP contribution in [0.5, 0.6) is 0 Å². The van der Waals surface area contributed by atoms with Crippen LogP contribution in [0.1, 0.15) is 39.5 Å². The Morgan fingerprint density at radius 3 is 2.60 bits per heavy atom. The van der Waals surface area contributed by atoms with E-state index in [0.717, 1.165) is 16.7 Å². The lowest BCUT2D eigenvalue weighted by atomic mass is 9.93. The van der Waals surface area contributed by atoms with Crippen molar-refractivity contribution in [2.75, 3.05) is 13.7 Å². The molecule has 5 heteroatoms. The van der Waals surface area contributed by atoms with Crippen LogP contribution in [0.2, 0.25) is 0 Å². The molecule has 5 nitrogen and oxygen atoms in total. The van der Waals surface area contributed by atoms with Crippen molar-refractivity contribution in [1.82, 2.24) is 5.32 Å². The van der Waals surface area contributed by atoms with E-state index in [2.05, 4.69) is 5.32 Å². The Bertz CT molecular complexity index is 553. The molecule has 1 aliphatic rings. The van der Waals surface area contributed by atoms with Crippen LogP contribution in [-0.2, 0) is 9.53 Å². The van der Waals surface area contributed by atoms with Crippen LogP contribution < -0.4 is 5.32 Å². The van der Waals surface area contributed by atoms with Gasteiger partial charge >= 0.3 is 11.9 Å². The van der Waals surface area contributed by atoms with Crippen molar-refractivity contribution in [3.05, 3.63) is 34.4 Å². The molecule has 2 unspecified atom stereocenters. The third kappa shape index (κ3) is 2.67. The average Bonchev–Trinajstić information content (AvgIpc) is 2.90. The molecule has 2 N–H and O–H groups in total. The Balaban J connectivity index is 2.32. The van der Waals surface area contributed by atoms with Crippen LogP contribution in [-0.4, -0.2) is 30.7 Å². The molecule has 20 heavy (non-hydrogen) atoms. The van der Waals surface area contributed by atoms with Gasteiger partial charge in [-0.3, -0.25) is 4.79 Å². The highest BCUT2D eigenvalue weighted by atomic mass is 16.5. The SMILES string of the molecule is COC(=O)c1cc(C2CC(C(=O)O)CN2)cc(C)c1C. The number of ether oxygens (including phenoxy) is 1. The number of aliphatic carboxylic acids is 1. The molecule has 1 heterocycles. The van der Waals surface area contributed by atoms with Crippen molar-refractivity contribution in [3.8, 4) is 0 Å². The summed E-state index contributed by atoms with van der Waals surface area (Å²) in [6, 6.07) is 3.78. The number of carbonyl (C=O) groups is 2. The van der Waals surface area contributed by atoms with Crippen LogP contribution in [0.15, 0.2) is 12.1 Å². The fourth-order valence-corrected chi connectivity index (χ4v) is 2.59. The molecule has 2 atom stereocenters. The second-order valence-corrected chi connectivity index (χ2v) is 5.23. The standard InChI is InChI=1S/C15H19NO4/c1-8-4-10(5-12(9(8)2)15(19)20-3)13-6-11(7-16-13)14(17)18/h4-5,11,13,16H,6-7H2,1-3H3,(H,17,18). The Labute approximate surface area is 117 Å². The van der Waals surface area contributed by atoms with Crippen LogP contribution >= 0.6 is 0 Å². The maximum Gasteiger partial charge on any atom is 0.338 e. The highest BCUT2D eigenvalue weighted by Crippen LogP contribution is 2.30. The molecule has 1 fully saturated rings. The molecule has 2 rings (SSSR count). The van der Waals surface area contributed by atoms with E-state index in [4.69, 9.17) is 9.84 Å². The first-order valence-corrected chi connectivity index (χ1v) is 6.59. The van der Waals surface area contributed by atoms with Gasteiger partial charge in [0.2, 0.25) is 0 Å². The Kier molecular flexibility index (Phi) is 4.09. The highest BCUT2D eigenvalue weighted by molar-refractivity contribution is 5.91. The third-order valence-electron chi connectivity index (χ3n) is 3.98. The largest absolute Gasteiger partial charge is 0.481 e. The molecule has 0 amide bonds. The summed E-state index contributed by atoms with van der Waals surface area (Å²) in [5.74, 6) is -1.51. The summed E-state index contributed by atoms with van der Waals surface area (Å²) in [6.45, 7) is 4.28. The number of nitrogens with one attached hydrogen (secondary N) is 1. The predicted octanol–water partition coefficient (Wildman–Crippen LogP) is 1.83. The molecule has 0 aromatic heterocycles. The highest BCUT2D eigenvalue weighted by Gasteiger charge is 2.30. The molecule has 0 radical (unpaired) electrons. The van der Waals surface area contributed by atoms with Gasteiger partial charge in [-0.1, -0.05) is 6.07 Å². The van der Waals surface area contributed by atoms with Gasteiger partial charge in [0.15, 0.2) is 0 Å². The maximum absolute atomic E-state index is 11.8. The smallest absolute Gasteiger partial charge is 0.338 e. The molecule has 1 aromatic rings. The van der Waals surface area contributed by atoms with Gasteiger partial charge in [0.1, 0.15) is 0 Å². The van der Waals surface area contributed by atoms with E-state index in [1.165, 1.54) is 7.11 Å². The molecule has 1 aliphatic heterocycles. The van der Waals surface area contributed by atoms with E-state index in [1.807, 2.05) is 19.9 Å². The van der Waals surface area contributed by atoms with Crippen molar-refractivity contribution in [1.29, 1.82) is 0 Å². The molecule has 1 saturated heterocycles. The van der Waals surface area contributed by atoms with Crippen molar-refractivity contribution in [3.63, 3.8) is 0 Å². The topological polar surface area (TPSA) is 75.6 Å². The molecule has 108 valence electrons. The zero-order valence-corrected chi connectivity index (χ0v) is 11.9. The van der Waals surface area contributed by atoms with Crippen molar-refractivity contribution < 1.29 is 19.4 Å². The van der Waals surface area contributed by atoms with Crippen LogP contribution in [0.3, 0.4) is 0 Å². The monoisotopic (exact) mass is 277 g/mol. The summed E-state index contributed by atoms with van der Waals surface area (Å²) in [5.41, 5.74) is 3.39. The van der Waals surface area contributed by atoms with E-state index in [9.17, 15) is 9.59 Å². The number of rotatable bonds is 3. The molecule has 0 spiro atoms. The first-order chi connectivity index (χ1) is 9.43. The summed E-state index contributed by atoms with van der Waals surface area (Å²) < 4.78 is 4.80. The minimum atomic E-state index is -0.781. The number of esters is 1. The third-order valence-corrected chi connectivity index (χ3v) is 3.98. The van der Waals surface area contributed by atoms with Crippen LogP contribution in [0.4, 0.5) is 0 Å². The molecule has 0 aliphatic carbocycles. The van der Waals surface area contributed by atoms with Gasteiger partial charge in [0.25, 0.3) is 0 Å². The lowest BCUT2D eigenvalue weighted by Crippen LogP contribution is -2.17. The van der Waals surface area contributed by atoms with Crippen molar-refractivity contribution in [2.45, 2.75) is 26.3 Å². The Morgan fingerprint density at radius 2 is 2.05 bits per heavy atom. The second kappa shape index (κ2) is 5.63. The van der Waals surface area contributed by atoms with E-state index in [1.54, 1.807) is 6.07 Å².